The lowest BCUT2D eigenvalue weighted by Gasteiger charge is -2.31. The number of imidazole rings is 1. The Bertz CT molecular complexity index is 1150. The van der Waals surface area contributed by atoms with Crippen LogP contribution in [0.3, 0.4) is 0 Å². The standard InChI is InChI=1S/C23H25N3O4/c1-13(2)30-22(27)19-14(3)24-23-25-16-10-6-7-11-17(16)26(23)20(19)15-9-8-12-18(28-4)21(15)29-5/h6-13,20H,1-5H3,(H,24,25)/t20-/m0/s1. The summed E-state index contributed by atoms with van der Waals surface area (Å²) in [6.45, 7) is 5.53. The summed E-state index contributed by atoms with van der Waals surface area (Å²) >= 11 is 0. The molecule has 4 rings (SSSR count). The monoisotopic (exact) mass is 407 g/mol. The second-order valence-corrected chi connectivity index (χ2v) is 7.40. The van der Waals surface area contributed by atoms with E-state index in [1.807, 2.05) is 67.8 Å². The third kappa shape index (κ3) is 3.16. The molecular weight excluding hydrogens is 382 g/mol. The number of aromatic nitrogens is 2. The molecule has 1 aliphatic heterocycles. The first-order chi connectivity index (χ1) is 14.5. The van der Waals surface area contributed by atoms with Crippen molar-refractivity contribution in [2.45, 2.75) is 32.9 Å². The van der Waals surface area contributed by atoms with E-state index in [9.17, 15) is 4.79 Å². The molecule has 0 spiro atoms. The van der Waals surface area contributed by atoms with Crippen molar-refractivity contribution >= 4 is 23.0 Å². The minimum Gasteiger partial charge on any atom is -0.493 e. The first kappa shape index (κ1) is 19.8. The number of carbonyl (C=O) groups is 1. The third-order valence-corrected chi connectivity index (χ3v) is 5.12. The normalized spacial score (nSPS) is 15.7. The fourth-order valence-corrected chi connectivity index (χ4v) is 3.93. The number of nitrogens with zero attached hydrogens (tertiary/aromatic N) is 2. The van der Waals surface area contributed by atoms with Gasteiger partial charge in [-0.1, -0.05) is 24.3 Å². The van der Waals surface area contributed by atoms with Gasteiger partial charge in [-0.05, 0) is 39.0 Å². The molecule has 0 saturated heterocycles. The van der Waals surface area contributed by atoms with Gasteiger partial charge in [-0.15, -0.1) is 0 Å². The van der Waals surface area contributed by atoms with E-state index in [4.69, 9.17) is 19.2 Å². The molecule has 156 valence electrons. The van der Waals surface area contributed by atoms with Crippen molar-refractivity contribution in [3.63, 3.8) is 0 Å². The van der Waals surface area contributed by atoms with Crippen LogP contribution in [0.1, 0.15) is 32.4 Å². The molecule has 0 unspecified atom stereocenters. The Morgan fingerprint density at radius 1 is 1.10 bits per heavy atom. The number of allylic oxidation sites excluding steroid dienone is 1. The third-order valence-electron chi connectivity index (χ3n) is 5.12. The summed E-state index contributed by atoms with van der Waals surface area (Å²) in [5.74, 6) is 1.44. The molecule has 1 atom stereocenters. The minimum absolute atomic E-state index is 0.244. The average Bonchev–Trinajstić information content (AvgIpc) is 3.09. The molecule has 1 aliphatic rings. The first-order valence-corrected chi connectivity index (χ1v) is 9.82. The molecule has 0 amide bonds. The smallest absolute Gasteiger partial charge is 0.338 e. The first-order valence-electron chi connectivity index (χ1n) is 9.82. The molecule has 0 fully saturated rings. The van der Waals surface area contributed by atoms with Crippen LogP contribution in [0, 0.1) is 0 Å². The molecule has 3 aromatic rings. The average molecular weight is 407 g/mol. The predicted molar refractivity (Wildman–Crippen MR) is 115 cm³/mol. The fourth-order valence-electron chi connectivity index (χ4n) is 3.93. The maximum atomic E-state index is 13.2. The van der Waals surface area contributed by atoms with Gasteiger partial charge >= 0.3 is 5.97 Å². The van der Waals surface area contributed by atoms with Gasteiger partial charge in [0, 0.05) is 11.3 Å². The summed E-state index contributed by atoms with van der Waals surface area (Å²) < 4.78 is 18.8. The zero-order valence-electron chi connectivity index (χ0n) is 17.7. The lowest BCUT2D eigenvalue weighted by molar-refractivity contribution is -0.143. The Hall–Kier alpha value is -3.48. The van der Waals surface area contributed by atoms with Crippen molar-refractivity contribution in [1.82, 2.24) is 9.55 Å². The Labute approximate surface area is 175 Å². The van der Waals surface area contributed by atoms with E-state index in [2.05, 4.69) is 5.32 Å². The Balaban J connectivity index is 2.02. The Morgan fingerprint density at radius 3 is 2.57 bits per heavy atom. The Morgan fingerprint density at radius 2 is 1.87 bits per heavy atom. The molecule has 7 heteroatoms. The lowest BCUT2D eigenvalue weighted by Crippen LogP contribution is -2.30. The number of benzene rings is 2. The van der Waals surface area contributed by atoms with E-state index in [1.54, 1.807) is 14.2 Å². The molecule has 7 nitrogen and oxygen atoms in total. The number of nitrogens with one attached hydrogen (secondary N) is 1. The van der Waals surface area contributed by atoms with Gasteiger partial charge in [0.05, 0.1) is 43.0 Å². The Kier molecular flexibility index (Phi) is 5.11. The van der Waals surface area contributed by atoms with Gasteiger partial charge in [-0.3, -0.25) is 4.57 Å². The van der Waals surface area contributed by atoms with E-state index in [0.29, 0.717) is 28.7 Å². The van der Waals surface area contributed by atoms with E-state index in [1.165, 1.54) is 0 Å². The van der Waals surface area contributed by atoms with Crippen molar-refractivity contribution in [3.05, 3.63) is 59.3 Å². The summed E-state index contributed by atoms with van der Waals surface area (Å²) in [6.07, 6.45) is -0.244. The SMILES string of the molecule is COc1cccc([C@H]2C(C(=O)OC(C)C)=C(C)Nc3nc4ccccc4n32)c1OC. The van der Waals surface area contributed by atoms with Crippen LogP contribution in [-0.2, 0) is 9.53 Å². The van der Waals surface area contributed by atoms with Gasteiger partial charge in [-0.25, -0.2) is 9.78 Å². The maximum absolute atomic E-state index is 13.2. The summed E-state index contributed by atoms with van der Waals surface area (Å²) in [5, 5.41) is 3.28. The van der Waals surface area contributed by atoms with Crippen molar-refractivity contribution < 1.29 is 19.0 Å². The van der Waals surface area contributed by atoms with E-state index in [0.717, 1.165) is 16.6 Å². The molecule has 30 heavy (non-hydrogen) atoms. The number of esters is 1. The van der Waals surface area contributed by atoms with Crippen LogP contribution in [0.5, 0.6) is 11.5 Å². The highest BCUT2D eigenvalue weighted by Gasteiger charge is 2.37. The number of hydrogen-bond acceptors (Lipinski definition) is 6. The minimum atomic E-state index is -0.495. The van der Waals surface area contributed by atoms with E-state index in [-0.39, 0.29) is 12.1 Å². The number of anilines is 1. The lowest BCUT2D eigenvalue weighted by atomic mass is 9.94. The summed E-state index contributed by atoms with van der Waals surface area (Å²) in [4.78, 5) is 17.9. The van der Waals surface area contributed by atoms with Crippen LogP contribution >= 0.6 is 0 Å². The molecule has 2 heterocycles. The number of fused-ring (bicyclic) bond motifs is 3. The van der Waals surface area contributed by atoms with Gasteiger partial charge in [-0.2, -0.15) is 0 Å². The summed E-state index contributed by atoms with van der Waals surface area (Å²) in [5.41, 5.74) is 3.72. The number of rotatable bonds is 5. The van der Waals surface area contributed by atoms with Crippen molar-refractivity contribution in [3.8, 4) is 11.5 Å². The summed E-state index contributed by atoms with van der Waals surface area (Å²) in [7, 11) is 3.19. The molecule has 0 aliphatic carbocycles. The highest BCUT2D eigenvalue weighted by atomic mass is 16.5. The highest BCUT2D eigenvalue weighted by Crippen LogP contribution is 2.45. The molecule has 0 saturated carbocycles. The number of ether oxygens (including phenoxy) is 3. The summed E-state index contributed by atoms with van der Waals surface area (Å²) in [6, 6.07) is 13.0. The zero-order chi connectivity index (χ0) is 21.4. The largest absolute Gasteiger partial charge is 0.493 e. The fraction of sp³-hybridized carbons (Fsp3) is 0.304. The van der Waals surface area contributed by atoms with Gasteiger partial charge in [0.1, 0.15) is 0 Å². The van der Waals surface area contributed by atoms with Gasteiger partial charge < -0.3 is 19.5 Å². The van der Waals surface area contributed by atoms with Gasteiger partial charge in [0.15, 0.2) is 11.5 Å². The van der Waals surface area contributed by atoms with Crippen LogP contribution in [0.25, 0.3) is 11.0 Å². The number of para-hydroxylation sites is 3. The number of carbonyl (C=O) groups excluding carboxylic acids is 1. The molecule has 2 aromatic carbocycles. The van der Waals surface area contributed by atoms with Crippen LogP contribution in [-0.4, -0.2) is 35.8 Å². The van der Waals surface area contributed by atoms with Crippen LogP contribution in [0.15, 0.2) is 53.7 Å². The highest BCUT2D eigenvalue weighted by molar-refractivity contribution is 5.94. The van der Waals surface area contributed by atoms with Crippen LogP contribution < -0.4 is 14.8 Å². The van der Waals surface area contributed by atoms with Gasteiger partial charge in [0.25, 0.3) is 0 Å². The van der Waals surface area contributed by atoms with Gasteiger partial charge in [0.2, 0.25) is 5.95 Å². The molecule has 1 aromatic heterocycles. The number of hydrogen-bond donors (Lipinski definition) is 1. The van der Waals surface area contributed by atoms with Crippen LogP contribution in [0.4, 0.5) is 5.95 Å². The van der Waals surface area contributed by atoms with Crippen molar-refractivity contribution in [2.24, 2.45) is 0 Å². The van der Waals surface area contributed by atoms with Crippen molar-refractivity contribution in [2.75, 3.05) is 19.5 Å². The number of methoxy groups -OCH3 is 2. The maximum Gasteiger partial charge on any atom is 0.338 e. The van der Waals surface area contributed by atoms with Crippen molar-refractivity contribution in [1.29, 1.82) is 0 Å². The molecule has 0 radical (unpaired) electrons. The molecular formula is C23H25N3O4. The van der Waals surface area contributed by atoms with E-state index < -0.39 is 6.04 Å². The second kappa shape index (κ2) is 7.74. The quantitative estimate of drug-likeness (QED) is 0.636. The zero-order valence-corrected chi connectivity index (χ0v) is 17.7. The predicted octanol–water partition coefficient (Wildman–Crippen LogP) is 4.29. The molecule has 0 bridgehead atoms. The second-order valence-electron chi connectivity index (χ2n) is 7.40. The van der Waals surface area contributed by atoms with E-state index >= 15 is 0 Å². The topological polar surface area (TPSA) is 74.6 Å². The molecule has 1 N–H and O–H groups in total. The van der Waals surface area contributed by atoms with Crippen LogP contribution in [0.2, 0.25) is 0 Å².